The Labute approximate surface area is 116 Å². The van der Waals surface area contributed by atoms with E-state index < -0.39 is 4.92 Å². The second-order valence-electron chi connectivity index (χ2n) is 5.48. The van der Waals surface area contributed by atoms with Crippen molar-refractivity contribution in [1.29, 1.82) is 0 Å². The molecule has 1 aromatic rings. The zero-order chi connectivity index (χ0) is 14.3. The van der Waals surface area contributed by atoms with Crippen molar-refractivity contribution in [2.75, 3.05) is 30.3 Å². The summed E-state index contributed by atoms with van der Waals surface area (Å²) in [5.74, 6) is 0.280. The Morgan fingerprint density at radius 2 is 2.25 bits per heavy atom. The van der Waals surface area contributed by atoms with Crippen molar-refractivity contribution in [1.82, 2.24) is 14.9 Å². The van der Waals surface area contributed by atoms with Crippen LogP contribution >= 0.6 is 0 Å². The van der Waals surface area contributed by atoms with Crippen molar-refractivity contribution in [2.45, 2.75) is 31.8 Å². The summed E-state index contributed by atoms with van der Waals surface area (Å²) >= 11 is 0. The van der Waals surface area contributed by atoms with Crippen molar-refractivity contribution < 1.29 is 4.92 Å². The predicted molar refractivity (Wildman–Crippen MR) is 74.5 cm³/mol. The summed E-state index contributed by atoms with van der Waals surface area (Å²) in [6, 6.07) is 0.638. The summed E-state index contributed by atoms with van der Waals surface area (Å²) in [5, 5.41) is 11.2. The smallest absolute Gasteiger partial charge is 0.353 e. The molecule has 8 nitrogen and oxygen atoms in total. The maximum absolute atomic E-state index is 11.2. The summed E-state index contributed by atoms with van der Waals surface area (Å²) in [6.45, 7) is 4.86. The van der Waals surface area contributed by atoms with Gasteiger partial charge in [0.2, 0.25) is 11.6 Å². The SMILES string of the molecule is CC1CN2CCCC2CN1c1ncnc(N)c1[N+](=O)[O-]. The Balaban J connectivity index is 1.96. The van der Waals surface area contributed by atoms with Crippen LogP contribution in [0.3, 0.4) is 0 Å². The Bertz CT molecular complexity index is 537. The van der Waals surface area contributed by atoms with Gasteiger partial charge in [0.1, 0.15) is 6.33 Å². The Kier molecular flexibility index (Phi) is 3.17. The molecule has 2 aliphatic heterocycles. The maximum atomic E-state index is 11.2. The van der Waals surface area contributed by atoms with Crippen LogP contribution in [0.5, 0.6) is 0 Å². The van der Waals surface area contributed by atoms with E-state index in [0.29, 0.717) is 11.9 Å². The van der Waals surface area contributed by atoms with Crippen LogP contribution in [0.1, 0.15) is 19.8 Å². The van der Waals surface area contributed by atoms with Crippen molar-refractivity contribution >= 4 is 17.3 Å². The number of nitro groups is 1. The van der Waals surface area contributed by atoms with E-state index in [1.807, 2.05) is 4.90 Å². The minimum atomic E-state index is -0.488. The standard InChI is InChI=1S/C12H18N6O2/c1-8-5-16-4-2-3-9(16)6-17(8)12-10(18(19)20)11(13)14-7-15-12/h7-9H,2-6H2,1H3,(H2,13,14,15). The van der Waals surface area contributed by atoms with Crippen LogP contribution in [-0.2, 0) is 0 Å². The number of hydrogen-bond donors (Lipinski definition) is 1. The molecule has 2 unspecified atom stereocenters. The normalized spacial score (nSPS) is 26.6. The molecule has 20 heavy (non-hydrogen) atoms. The number of aromatic nitrogens is 2. The molecule has 2 aliphatic rings. The van der Waals surface area contributed by atoms with Gasteiger partial charge in [-0.05, 0) is 26.3 Å². The molecule has 0 aliphatic carbocycles. The summed E-state index contributed by atoms with van der Waals surface area (Å²) in [4.78, 5) is 23.1. The molecule has 0 amide bonds. The highest BCUT2D eigenvalue weighted by molar-refractivity contribution is 5.68. The molecule has 2 atom stereocenters. The first kappa shape index (κ1) is 13.0. The van der Waals surface area contributed by atoms with Crippen molar-refractivity contribution in [2.24, 2.45) is 0 Å². The van der Waals surface area contributed by atoms with E-state index in [0.717, 1.165) is 26.1 Å². The molecule has 0 spiro atoms. The van der Waals surface area contributed by atoms with Gasteiger partial charge in [-0.25, -0.2) is 9.97 Å². The number of anilines is 2. The van der Waals surface area contributed by atoms with Crippen LogP contribution in [0.15, 0.2) is 6.33 Å². The molecule has 1 aromatic heterocycles. The molecule has 0 aromatic carbocycles. The van der Waals surface area contributed by atoms with Crippen LogP contribution in [0.4, 0.5) is 17.3 Å². The van der Waals surface area contributed by atoms with E-state index in [1.165, 1.54) is 12.7 Å². The number of hydrogen-bond acceptors (Lipinski definition) is 7. The molecule has 2 saturated heterocycles. The summed E-state index contributed by atoms with van der Waals surface area (Å²) < 4.78 is 0. The molecular formula is C12H18N6O2. The summed E-state index contributed by atoms with van der Waals surface area (Å²) in [7, 11) is 0. The lowest BCUT2D eigenvalue weighted by atomic mass is 10.1. The first-order valence-corrected chi connectivity index (χ1v) is 6.83. The third kappa shape index (κ3) is 2.05. The third-order valence-electron chi connectivity index (χ3n) is 4.22. The van der Waals surface area contributed by atoms with Gasteiger partial charge in [-0.2, -0.15) is 0 Å². The molecule has 3 heterocycles. The van der Waals surface area contributed by atoms with Crippen molar-refractivity contribution in [3.05, 3.63) is 16.4 Å². The zero-order valence-corrected chi connectivity index (χ0v) is 11.4. The molecular weight excluding hydrogens is 260 g/mol. The van der Waals surface area contributed by atoms with Gasteiger partial charge in [-0.1, -0.05) is 0 Å². The third-order valence-corrected chi connectivity index (χ3v) is 4.22. The van der Waals surface area contributed by atoms with Crippen LogP contribution < -0.4 is 10.6 Å². The van der Waals surface area contributed by atoms with Gasteiger partial charge >= 0.3 is 5.69 Å². The minimum absolute atomic E-state index is 0.0685. The molecule has 2 N–H and O–H groups in total. The van der Waals surface area contributed by atoms with Gasteiger partial charge in [-0.3, -0.25) is 15.0 Å². The predicted octanol–water partition coefficient (Wildman–Crippen LogP) is 0.640. The number of fused-ring (bicyclic) bond motifs is 1. The molecule has 8 heteroatoms. The first-order chi connectivity index (χ1) is 9.58. The summed E-state index contributed by atoms with van der Waals surface area (Å²) in [6.07, 6.45) is 3.63. The molecule has 0 bridgehead atoms. The van der Waals surface area contributed by atoms with Crippen LogP contribution in [0, 0.1) is 10.1 Å². The van der Waals surface area contributed by atoms with Crippen molar-refractivity contribution in [3.8, 4) is 0 Å². The number of rotatable bonds is 2. The highest BCUT2D eigenvalue weighted by Gasteiger charge is 2.38. The van der Waals surface area contributed by atoms with Gasteiger partial charge < -0.3 is 10.6 Å². The summed E-state index contributed by atoms with van der Waals surface area (Å²) in [5.41, 5.74) is 5.48. The molecule has 2 fully saturated rings. The van der Waals surface area contributed by atoms with Gasteiger partial charge in [0.05, 0.1) is 4.92 Å². The first-order valence-electron chi connectivity index (χ1n) is 6.83. The number of nitrogen functional groups attached to an aromatic ring is 1. The van der Waals surface area contributed by atoms with Gasteiger partial charge in [-0.15, -0.1) is 0 Å². The maximum Gasteiger partial charge on any atom is 0.353 e. The van der Waals surface area contributed by atoms with Gasteiger partial charge in [0, 0.05) is 25.2 Å². The van der Waals surface area contributed by atoms with Gasteiger partial charge in [0.15, 0.2) is 0 Å². The second kappa shape index (κ2) is 4.86. The average Bonchev–Trinajstić information content (AvgIpc) is 2.84. The van der Waals surface area contributed by atoms with Crippen LogP contribution in [0.25, 0.3) is 0 Å². The zero-order valence-electron chi connectivity index (χ0n) is 11.4. The van der Waals surface area contributed by atoms with Crippen LogP contribution in [-0.4, -0.2) is 51.5 Å². The minimum Gasteiger partial charge on any atom is -0.378 e. The highest BCUT2D eigenvalue weighted by atomic mass is 16.6. The quantitative estimate of drug-likeness (QED) is 0.625. The fraction of sp³-hybridized carbons (Fsp3) is 0.667. The number of nitrogens with two attached hydrogens (primary N) is 1. The monoisotopic (exact) mass is 278 g/mol. The van der Waals surface area contributed by atoms with E-state index in [4.69, 9.17) is 5.73 Å². The van der Waals surface area contributed by atoms with E-state index >= 15 is 0 Å². The lowest BCUT2D eigenvalue weighted by Gasteiger charge is -2.42. The number of piperazine rings is 1. The molecule has 0 radical (unpaired) electrons. The Morgan fingerprint density at radius 1 is 1.45 bits per heavy atom. The van der Waals surface area contributed by atoms with E-state index in [9.17, 15) is 10.1 Å². The van der Waals surface area contributed by atoms with Crippen LogP contribution in [0.2, 0.25) is 0 Å². The van der Waals surface area contributed by atoms with E-state index in [2.05, 4.69) is 21.8 Å². The Morgan fingerprint density at radius 3 is 3.00 bits per heavy atom. The molecule has 3 rings (SSSR count). The topological polar surface area (TPSA) is 101 Å². The largest absolute Gasteiger partial charge is 0.378 e. The van der Waals surface area contributed by atoms with Gasteiger partial charge in [0.25, 0.3) is 0 Å². The second-order valence-corrected chi connectivity index (χ2v) is 5.48. The van der Waals surface area contributed by atoms with Crippen molar-refractivity contribution in [3.63, 3.8) is 0 Å². The Hall–Kier alpha value is -1.96. The van der Waals surface area contributed by atoms with E-state index in [1.54, 1.807) is 0 Å². The lowest BCUT2D eigenvalue weighted by molar-refractivity contribution is -0.383. The highest BCUT2D eigenvalue weighted by Crippen LogP contribution is 2.34. The van der Waals surface area contributed by atoms with E-state index in [-0.39, 0.29) is 17.5 Å². The fourth-order valence-electron chi connectivity index (χ4n) is 3.25. The lowest BCUT2D eigenvalue weighted by Crippen LogP contribution is -2.55. The number of nitrogens with zero attached hydrogens (tertiary/aromatic N) is 5. The molecule has 108 valence electrons. The fourth-order valence-corrected chi connectivity index (χ4v) is 3.25. The molecule has 0 saturated carbocycles. The average molecular weight is 278 g/mol.